The van der Waals surface area contributed by atoms with Crippen molar-refractivity contribution in [2.75, 3.05) is 0 Å². The van der Waals surface area contributed by atoms with Crippen LogP contribution in [0.3, 0.4) is 0 Å². The summed E-state index contributed by atoms with van der Waals surface area (Å²) in [7, 11) is 0. The third-order valence-electron chi connectivity index (χ3n) is 2.93. The zero-order valence-electron chi connectivity index (χ0n) is 10.0. The molecule has 0 amide bonds. The third-order valence-corrected chi connectivity index (χ3v) is 3.88. The second-order valence-electron chi connectivity index (χ2n) is 4.17. The first kappa shape index (κ1) is 13.6. The van der Waals surface area contributed by atoms with Gasteiger partial charge in [0.1, 0.15) is 6.10 Å². The molecule has 0 saturated heterocycles. The molecule has 0 heterocycles. The number of hydrogen-bond donors (Lipinski definition) is 1. The van der Waals surface area contributed by atoms with Crippen LogP contribution in [0, 0.1) is 0 Å². The molecule has 0 aliphatic heterocycles. The van der Waals surface area contributed by atoms with E-state index in [1.165, 1.54) is 5.56 Å². The standard InChI is InChI=1S/C15H14BrClO/c1-2-10-4-3-5-11(8-10)15(18)13-9-12(17)6-7-14(13)16/h3-9,15,18H,2H2,1H3. The Labute approximate surface area is 121 Å². The second kappa shape index (κ2) is 5.87. The lowest BCUT2D eigenvalue weighted by Gasteiger charge is -2.14. The van der Waals surface area contributed by atoms with Crippen molar-refractivity contribution >= 4 is 27.5 Å². The lowest BCUT2D eigenvalue weighted by atomic mass is 9.99. The van der Waals surface area contributed by atoms with Gasteiger partial charge in [0.05, 0.1) is 0 Å². The summed E-state index contributed by atoms with van der Waals surface area (Å²) in [5.74, 6) is 0. The molecular formula is C15H14BrClO. The van der Waals surface area contributed by atoms with Gasteiger partial charge >= 0.3 is 0 Å². The number of aliphatic hydroxyl groups is 1. The normalized spacial score (nSPS) is 12.4. The second-order valence-corrected chi connectivity index (χ2v) is 5.46. The summed E-state index contributed by atoms with van der Waals surface area (Å²) in [5.41, 5.74) is 2.89. The molecule has 0 radical (unpaired) electrons. The Morgan fingerprint density at radius 1 is 1.22 bits per heavy atom. The fraction of sp³-hybridized carbons (Fsp3) is 0.200. The highest BCUT2D eigenvalue weighted by Crippen LogP contribution is 2.31. The van der Waals surface area contributed by atoms with Crippen LogP contribution < -0.4 is 0 Å². The Bertz CT molecular complexity index is 554. The van der Waals surface area contributed by atoms with Gasteiger partial charge in [0, 0.05) is 15.1 Å². The first-order chi connectivity index (χ1) is 8.61. The molecule has 94 valence electrons. The average Bonchev–Trinajstić information content (AvgIpc) is 2.41. The van der Waals surface area contributed by atoms with Crippen molar-refractivity contribution < 1.29 is 5.11 Å². The molecule has 2 rings (SSSR count). The summed E-state index contributed by atoms with van der Waals surface area (Å²) in [4.78, 5) is 0. The minimum Gasteiger partial charge on any atom is -0.384 e. The lowest BCUT2D eigenvalue weighted by molar-refractivity contribution is 0.219. The van der Waals surface area contributed by atoms with Crippen LogP contribution in [0.4, 0.5) is 0 Å². The monoisotopic (exact) mass is 324 g/mol. The maximum Gasteiger partial charge on any atom is 0.105 e. The van der Waals surface area contributed by atoms with Crippen molar-refractivity contribution in [1.82, 2.24) is 0 Å². The first-order valence-electron chi connectivity index (χ1n) is 5.83. The first-order valence-corrected chi connectivity index (χ1v) is 7.00. The van der Waals surface area contributed by atoms with Crippen molar-refractivity contribution in [3.8, 4) is 0 Å². The fourth-order valence-corrected chi connectivity index (χ4v) is 2.53. The van der Waals surface area contributed by atoms with Gasteiger partial charge in [-0.3, -0.25) is 0 Å². The van der Waals surface area contributed by atoms with Gasteiger partial charge in [0.25, 0.3) is 0 Å². The molecule has 2 aromatic rings. The van der Waals surface area contributed by atoms with E-state index in [-0.39, 0.29) is 0 Å². The van der Waals surface area contributed by atoms with E-state index in [1.54, 1.807) is 12.1 Å². The van der Waals surface area contributed by atoms with Crippen LogP contribution in [0.1, 0.15) is 29.7 Å². The minimum absolute atomic E-state index is 0.624. The average molecular weight is 326 g/mol. The Balaban J connectivity index is 2.40. The van der Waals surface area contributed by atoms with E-state index in [2.05, 4.69) is 28.9 Å². The lowest BCUT2D eigenvalue weighted by Crippen LogP contribution is -2.01. The minimum atomic E-state index is -0.662. The summed E-state index contributed by atoms with van der Waals surface area (Å²) in [6, 6.07) is 13.4. The van der Waals surface area contributed by atoms with E-state index in [9.17, 15) is 5.11 Å². The SMILES string of the molecule is CCc1cccc(C(O)c2cc(Cl)ccc2Br)c1. The molecule has 0 bridgehead atoms. The van der Waals surface area contributed by atoms with Crippen molar-refractivity contribution in [3.63, 3.8) is 0 Å². The Morgan fingerprint density at radius 3 is 2.72 bits per heavy atom. The molecule has 18 heavy (non-hydrogen) atoms. The van der Waals surface area contributed by atoms with Gasteiger partial charge < -0.3 is 5.11 Å². The number of aliphatic hydroxyl groups excluding tert-OH is 1. The summed E-state index contributed by atoms with van der Waals surface area (Å²) in [5, 5.41) is 11.1. The highest BCUT2D eigenvalue weighted by atomic mass is 79.9. The van der Waals surface area contributed by atoms with Gasteiger partial charge in [0.2, 0.25) is 0 Å². The maximum atomic E-state index is 10.4. The Hall–Kier alpha value is -0.830. The predicted molar refractivity (Wildman–Crippen MR) is 79.0 cm³/mol. The van der Waals surface area contributed by atoms with Crippen LogP contribution in [0.15, 0.2) is 46.9 Å². The van der Waals surface area contributed by atoms with E-state index in [4.69, 9.17) is 11.6 Å². The topological polar surface area (TPSA) is 20.2 Å². The molecule has 0 spiro atoms. The fourth-order valence-electron chi connectivity index (χ4n) is 1.89. The molecule has 1 nitrogen and oxygen atoms in total. The van der Waals surface area contributed by atoms with E-state index in [0.717, 1.165) is 22.0 Å². The summed E-state index contributed by atoms with van der Waals surface area (Å²) < 4.78 is 0.862. The molecule has 0 saturated carbocycles. The molecular weight excluding hydrogens is 312 g/mol. The molecule has 0 fully saturated rings. The molecule has 3 heteroatoms. The smallest absolute Gasteiger partial charge is 0.105 e. The van der Waals surface area contributed by atoms with Gasteiger partial charge in [-0.1, -0.05) is 58.7 Å². The van der Waals surface area contributed by atoms with Crippen molar-refractivity contribution in [1.29, 1.82) is 0 Å². The molecule has 0 aromatic heterocycles. The van der Waals surface area contributed by atoms with Gasteiger partial charge in [-0.25, -0.2) is 0 Å². The van der Waals surface area contributed by atoms with Crippen molar-refractivity contribution in [2.45, 2.75) is 19.4 Å². The maximum absolute atomic E-state index is 10.4. The van der Waals surface area contributed by atoms with Crippen LogP contribution >= 0.6 is 27.5 Å². The molecule has 1 atom stereocenters. The third kappa shape index (κ3) is 2.94. The van der Waals surface area contributed by atoms with Gasteiger partial charge in [-0.15, -0.1) is 0 Å². The summed E-state index contributed by atoms with van der Waals surface area (Å²) in [6.07, 6.45) is 0.293. The highest BCUT2D eigenvalue weighted by molar-refractivity contribution is 9.10. The number of benzene rings is 2. The van der Waals surface area contributed by atoms with E-state index < -0.39 is 6.10 Å². The molecule has 0 aliphatic rings. The van der Waals surface area contributed by atoms with E-state index in [1.807, 2.05) is 24.3 Å². The Morgan fingerprint density at radius 2 is 2.00 bits per heavy atom. The largest absolute Gasteiger partial charge is 0.384 e. The quantitative estimate of drug-likeness (QED) is 0.863. The van der Waals surface area contributed by atoms with Gasteiger partial charge in [-0.2, -0.15) is 0 Å². The van der Waals surface area contributed by atoms with Crippen LogP contribution in [0.2, 0.25) is 5.02 Å². The molecule has 2 aromatic carbocycles. The van der Waals surface area contributed by atoms with Crippen LogP contribution in [0.5, 0.6) is 0 Å². The summed E-state index contributed by atoms with van der Waals surface area (Å²) in [6.45, 7) is 2.10. The zero-order valence-corrected chi connectivity index (χ0v) is 12.4. The van der Waals surface area contributed by atoms with Gasteiger partial charge in [-0.05, 0) is 35.7 Å². The molecule has 1 N–H and O–H groups in total. The predicted octanol–water partition coefficient (Wildman–Crippen LogP) is 4.75. The Kier molecular flexibility index (Phi) is 4.44. The number of rotatable bonds is 3. The number of aryl methyl sites for hydroxylation is 1. The van der Waals surface area contributed by atoms with Crippen LogP contribution in [0.25, 0.3) is 0 Å². The molecule has 0 aliphatic carbocycles. The molecule has 1 unspecified atom stereocenters. The number of halogens is 2. The van der Waals surface area contributed by atoms with E-state index in [0.29, 0.717) is 5.02 Å². The van der Waals surface area contributed by atoms with Crippen molar-refractivity contribution in [3.05, 3.63) is 68.7 Å². The highest BCUT2D eigenvalue weighted by Gasteiger charge is 2.14. The van der Waals surface area contributed by atoms with Crippen LogP contribution in [-0.2, 0) is 6.42 Å². The summed E-state index contributed by atoms with van der Waals surface area (Å²) >= 11 is 9.42. The zero-order chi connectivity index (χ0) is 13.1. The van der Waals surface area contributed by atoms with Crippen LogP contribution in [-0.4, -0.2) is 5.11 Å². The number of hydrogen-bond acceptors (Lipinski definition) is 1. The van der Waals surface area contributed by atoms with E-state index >= 15 is 0 Å². The van der Waals surface area contributed by atoms with Crippen molar-refractivity contribution in [2.24, 2.45) is 0 Å². The van der Waals surface area contributed by atoms with Gasteiger partial charge in [0.15, 0.2) is 0 Å².